The second-order valence-corrected chi connectivity index (χ2v) is 10.2. The molecule has 2 aromatic rings. The third-order valence-electron chi connectivity index (χ3n) is 5.86. The molecule has 0 unspecified atom stereocenters. The van der Waals surface area contributed by atoms with E-state index in [1.165, 1.54) is 35.5 Å². The smallest absolute Gasteiger partial charge is 0.324 e. The van der Waals surface area contributed by atoms with Crippen molar-refractivity contribution in [3.63, 3.8) is 0 Å². The Morgan fingerprint density at radius 2 is 1.82 bits per heavy atom. The fourth-order valence-electron chi connectivity index (χ4n) is 4.06. The first-order chi connectivity index (χ1) is 16.0. The Balaban J connectivity index is 1.49. The predicted octanol–water partition coefficient (Wildman–Crippen LogP) is 2.16. The molecule has 4 rings (SSSR count). The molecule has 2 saturated heterocycles. The van der Waals surface area contributed by atoms with Gasteiger partial charge >= 0.3 is 6.03 Å². The Labute approximate surface area is 194 Å². The van der Waals surface area contributed by atoms with E-state index in [1.54, 1.807) is 0 Å². The van der Waals surface area contributed by atoms with E-state index >= 15 is 0 Å². The SMILES string of the molecule is C[C@]1(c2cc(F)ccc2F)NC(=O)N(CC(=O)Nc2cccc(S(=O)(=O)N3CCCC3)c2)C1=O. The van der Waals surface area contributed by atoms with E-state index in [0.29, 0.717) is 18.0 Å². The number of imide groups is 1. The maximum Gasteiger partial charge on any atom is 0.325 e. The van der Waals surface area contributed by atoms with Crippen LogP contribution < -0.4 is 10.6 Å². The van der Waals surface area contributed by atoms with Crippen molar-refractivity contribution in [3.05, 3.63) is 59.7 Å². The summed E-state index contributed by atoms with van der Waals surface area (Å²) < 4.78 is 54.8. The molecule has 2 aliphatic heterocycles. The van der Waals surface area contributed by atoms with E-state index in [-0.39, 0.29) is 16.1 Å². The molecule has 0 aromatic heterocycles. The van der Waals surface area contributed by atoms with Crippen LogP contribution in [-0.2, 0) is 25.2 Å². The lowest BCUT2D eigenvalue weighted by molar-refractivity contribution is -0.133. The summed E-state index contributed by atoms with van der Waals surface area (Å²) in [6.07, 6.45) is 1.56. The van der Waals surface area contributed by atoms with Crippen LogP contribution in [0, 0.1) is 11.6 Å². The monoisotopic (exact) mass is 492 g/mol. The summed E-state index contributed by atoms with van der Waals surface area (Å²) in [4.78, 5) is 38.5. The number of nitrogens with one attached hydrogen (secondary N) is 2. The van der Waals surface area contributed by atoms with E-state index in [2.05, 4.69) is 10.6 Å². The summed E-state index contributed by atoms with van der Waals surface area (Å²) >= 11 is 0. The van der Waals surface area contributed by atoms with Gasteiger partial charge in [0.25, 0.3) is 5.91 Å². The van der Waals surface area contributed by atoms with Crippen LogP contribution >= 0.6 is 0 Å². The van der Waals surface area contributed by atoms with Gasteiger partial charge in [-0.1, -0.05) is 6.07 Å². The average Bonchev–Trinajstić information content (AvgIpc) is 3.40. The van der Waals surface area contributed by atoms with Crippen molar-refractivity contribution in [2.45, 2.75) is 30.2 Å². The molecular formula is C22H22F2N4O5S. The largest absolute Gasteiger partial charge is 0.325 e. The van der Waals surface area contributed by atoms with Crippen molar-refractivity contribution < 1.29 is 31.6 Å². The van der Waals surface area contributed by atoms with Crippen LogP contribution in [0.1, 0.15) is 25.3 Å². The van der Waals surface area contributed by atoms with Gasteiger partial charge in [0.2, 0.25) is 15.9 Å². The van der Waals surface area contributed by atoms with E-state index in [0.717, 1.165) is 31.0 Å². The Hall–Kier alpha value is -3.38. The van der Waals surface area contributed by atoms with E-state index < -0.39 is 51.6 Å². The Morgan fingerprint density at radius 3 is 2.53 bits per heavy atom. The van der Waals surface area contributed by atoms with Gasteiger partial charge in [0.15, 0.2) is 0 Å². The lowest BCUT2D eigenvalue weighted by atomic mass is 9.91. The quantitative estimate of drug-likeness (QED) is 0.600. The summed E-state index contributed by atoms with van der Waals surface area (Å²) in [5.41, 5.74) is -2.10. The van der Waals surface area contributed by atoms with Crippen LogP contribution in [0.4, 0.5) is 19.3 Å². The van der Waals surface area contributed by atoms with Crippen molar-refractivity contribution in [3.8, 4) is 0 Å². The minimum atomic E-state index is -3.70. The van der Waals surface area contributed by atoms with Gasteiger partial charge in [-0.05, 0) is 56.2 Å². The summed E-state index contributed by atoms with van der Waals surface area (Å²) in [6, 6.07) is 7.24. The molecule has 2 aliphatic rings. The van der Waals surface area contributed by atoms with Gasteiger partial charge < -0.3 is 10.6 Å². The van der Waals surface area contributed by atoms with E-state index in [4.69, 9.17) is 0 Å². The minimum absolute atomic E-state index is 0.0105. The zero-order valence-corrected chi connectivity index (χ0v) is 19.0. The molecule has 12 heteroatoms. The molecule has 34 heavy (non-hydrogen) atoms. The number of rotatable bonds is 6. The highest BCUT2D eigenvalue weighted by atomic mass is 32.2. The average molecular weight is 493 g/mol. The second kappa shape index (κ2) is 8.76. The van der Waals surface area contributed by atoms with Crippen LogP contribution in [0.2, 0.25) is 0 Å². The molecule has 2 heterocycles. The lowest BCUT2D eigenvalue weighted by Gasteiger charge is -2.22. The highest BCUT2D eigenvalue weighted by Gasteiger charge is 2.50. The topological polar surface area (TPSA) is 116 Å². The number of hydrogen-bond donors (Lipinski definition) is 2. The molecule has 2 aromatic carbocycles. The summed E-state index contributed by atoms with van der Waals surface area (Å²) in [6.45, 7) is 1.36. The highest BCUT2D eigenvalue weighted by molar-refractivity contribution is 7.89. The molecule has 2 N–H and O–H groups in total. The summed E-state index contributed by atoms with van der Waals surface area (Å²) in [5, 5.41) is 4.78. The molecule has 2 fully saturated rings. The van der Waals surface area contributed by atoms with Gasteiger partial charge in [0, 0.05) is 24.3 Å². The molecule has 0 bridgehead atoms. The standard InChI is InChI=1S/C22H22F2N4O5S/c1-22(17-11-14(23)7-8-18(17)24)20(30)28(21(31)26-22)13-19(29)25-15-5-4-6-16(12-15)34(32,33)27-9-2-3-10-27/h4-8,11-12H,2-3,9-10,13H2,1H3,(H,25,29)(H,26,31)/t22-/m1/s1. The predicted molar refractivity (Wildman–Crippen MR) is 117 cm³/mol. The number of carbonyl (C=O) groups excluding carboxylic acids is 3. The number of carbonyl (C=O) groups is 3. The van der Waals surface area contributed by atoms with Crippen molar-refractivity contribution in [1.82, 2.24) is 14.5 Å². The Bertz CT molecular complexity index is 1280. The molecule has 0 spiro atoms. The Kier molecular flexibility index (Phi) is 6.13. The zero-order valence-electron chi connectivity index (χ0n) is 18.2. The third kappa shape index (κ3) is 4.26. The van der Waals surface area contributed by atoms with Gasteiger partial charge in [0.05, 0.1) is 4.90 Å². The number of halogens is 2. The number of benzene rings is 2. The van der Waals surface area contributed by atoms with Gasteiger partial charge in [-0.2, -0.15) is 4.31 Å². The first kappa shape index (κ1) is 23.8. The van der Waals surface area contributed by atoms with Crippen molar-refractivity contribution in [2.24, 2.45) is 0 Å². The maximum atomic E-state index is 14.3. The molecule has 9 nitrogen and oxygen atoms in total. The maximum absolute atomic E-state index is 14.3. The normalized spacial score (nSPS) is 21.1. The third-order valence-corrected chi connectivity index (χ3v) is 7.76. The lowest BCUT2D eigenvalue weighted by Crippen LogP contribution is -2.42. The van der Waals surface area contributed by atoms with Gasteiger partial charge in [0.1, 0.15) is 23.7 Å². The summed E-state index contributed by atoms with van der Waals surface area (Å²) in [7, 11) is -3.70. The van der Waals surface area contributed by atoms with Crippen LogP contribution in [-0.4, -0.2) is 55.1 Å². The van der Waals surface area contributed by atoms with Crippen molar-refractivity contribution in [1.29, 1.82) is 0 Å². The minimum Gasteiger partial charge on any atom is -0.324 e. The molecule has 0 saturated carbocycles. The number of anilines is 1. The summed E-state index contributed by atoms with van der Waals surface area (Å²) in [5.74, 6) is -3.38. The fraction of sp³-hybridized carbons (Fsp3) is 0.318. The Morgan fingerprint density at radius 1 is 1.12 bits per heavy atom. The fourth-order valence-corrected chi connectivity index (χ4v) is 5.62. The van der Waals surface area contributed by atoms with Gasteiger partial charge in [-0.25, -0.2) is 22.0 Å². The number of amides is 4. The van der Waals surface area contributed by atoms with Crippen molar-refractivity contribution in [2.75, 3.05) is 25.0 Å². The molecule has 0 radical (unpaired) electrons. The number of urea groups is 1. The number of sulfonamides is 1. The van der Waals surface area contributed by atoms with Gasteiger partial charge in [-0.15, -0.1) is 0 Å². The van der Waals surface area contributed by atoms with E-state index in [1.807, 2.05) is 0 Å². The van der Waals surface area contributed by atoms with Crippen LogP contribution in [0.5, 0.6) is 0 Å². The molecule has 1 atom stereocenters. The molecule has 180 valence electrons. The van der Waals surface area contributed by atoms with E-state index in [9.17, 15) is 31.6 Å². The molecule has 0 aliphatic carbocycles. The molecular weight excluding hydrogens is 470 g/mol. The number of hydrogen-bond acceptors (Lipinski definition) is 5. The van der Waals surface area contributed by atoms with Gasteiger partial charge in [-0.3, -0.25) is 14.5 Å². The zero-order chi connectivity index (χ0) is 24.7. The van der Waals surface area contributed by atoms with Crippen LogP contribution in [0.3, 0.4) is 0 Å². The second-order valence-electron chi connectivity index (χ2n) is 8.26. The highest BCUT2D eigenvalue weighted by Crippen LogP contribution is 2.31. The first-order valence-electron chi connectivity index (χ1n) is 10.5. The van der Waals surface area contributed by atoms with Crippen molar-refractivity contribution >= 4 is 33.6 Å². The van der Waals surface area contributed by atoms with Crippen LogP contribution in [0.25, 0.3) is 0 Å². The van der Waals surface area contributed by atoms with Crippen LogP contribution in [0.15, 0.2) is 47.4 Å². The molecule has 4 amide bonds. The number of nitrogens with zero attached hydrogens (tertiary/aromatic N) is 2. The first-order valence-corrected chi connectivity index (χ1v) is 12.0.